The molecule has 30 heavy (non-hydrogen) atoms. The van der Waals surface area contributed by atoms with E-state index >= 15 is 0 Å². The zero-order valence-corrected chi connectivity index (χ0v) is 16.1. The van der Waals surface area contributed by atoms with Crippen molar-refractivity contribution in [3.8, 4) is 11.4 Å². The summed E-state index contributed by atoms with van der Waals surface area (Å²) in [6.07, 6.45) is 2.18. The van der Waals surface area contributed by atoms with E-state index in [-0.39, 0.29) is 0 Å². The number of carbonyl (C=O) groups excluding carboxylic acids is 1. The molecule has 0 saturated carbocycles. The van der Waals surface area contributed by atoms with Gasteiger partial charge in [0.25, 0.3) is 5.91 Å². The van der Waals surface area contributed by atoms with Crippen LogP contribution in [-0.2, 0) is 11.3 Å². The van der Waals surface area contributed by atoms with Crippen molar-refractivity contribution in [2.24, 2.45) is 0 Å². The number of fused-ring (bicyclic) bond motifs is 1. The monoisotopic (exact) mass is 399 g/mol. The van der Waals surface area contributed by atoms with Gasteiger partial charge in [0, 0.05) is 11.6 Å². The maximum absolute atomic E-state index is 11.3. The number of para-hydroxylation sites is 2. The van der Waals surface area contributed by atoms with Crippen molar-refractivity contribution in [2.45, 2.75) is 12.6 Å². The molecule has 0 aliphatic carbocycles. The van der Waals surface area contributed by atoms with Crippen LogP contribution in [0.1, 0.15) is 17.2 Å². The number of amides is 1. The number of aromatic nitrogens is 2. The first-order chi connectivity index (χ1) is 14.7. The summed E-state index contributed by atoms with van der Waals surface area (Å²) in [5.74, 6) is 0.131. The highest BCUT2D eigenvalue weighted by Gasteiger charge is 2.16. The second kappa shape index (κ2) is 8.73. The van der Waals surface area contributed by atoms with Gasteiger partial charge in [-0.05, 0) is 35.4 Å². The Morgan fingerprint density at radius 1 is 1.03 bits per heavy atom. The van der Waals surface area contributed by atoms with Gasteiger partial charge in [0.15, 0.2) is 0 Å². The van der Waals surface area contributed by atoms with E-state index in [1.165, 1.54) is 6.08 Å². The van der Waals surface area contributed by atoms with Crippen LogP contribution in [0.25, 0.3) is 28.5 Å². The van der Waals surface area contributed by atoms with Crippen LogP contribution in [-0.4, -0.2) is 25.8 Å². The second-order valence-corrected chi connectivity index (χ2v) is 6.90. The first kappa shape index (κ1) is 19.6. The Morgan fingerprint density at radius 2 is 1.80 bits per heavy atom. The number of rotatable bonds is 6. The average Bonchev–Trinajstić information content (AvgIpc) is 3.16. The van der Waals surface area contributed by atoms with E-state index in [1.54, 1.807) is 11.6 Å². The standard InChI is InChI=1S/C24H21N3O3/c28-22(18-8-2-1-3-9-18)16-27-21-12-5-4-11-20(21)25-24(27)19-10-6-7-17(15-19)13-14-23(29)26-30/h1-15,22,28,30H,16H2,(H,26,29)/t22-/m0/s1. The third-order valence-electron chi connectivity index (χ3n) is 4.88. The number of aliphatic hydroxyl groups is 1. The third kappa shape index (κ3) is 4.15. The number of hydrogen-bond donors (Lipinski definition) is 3. The summed E-state index contributed by atoms with van der Waals surface area (Å²) >= 11 is 0. The number of hydroxylamine groups is 1. The molecule has 6 heteroatoms. The molecule has 4 rings (SSSR count). The molecule has 0 radical (unpaired) electrons. The normalized spacial score (nSPS) is 12.3. The van der Waals surface area contributed by atoms with E-state index in [1.807, 2.05) is 83.4 Å². The molecule has 0 saturated heterocycles. The van der Waals surface area contributed by atoms with Gasteiger partial charge in [-0.3, -0.25) is 10.0 Å². The van der Waals surface area contributed by atoms with Crippen LogP contribution < -0.4 is 5.48 Å². The highest BCUT2D eigenvalue weighted by Crippen LogP contribution is 2.28. The topological polar surface area (TPSA) is 87.4 Å². The summed E-state index contributed by atoms with van der Waals surface area (Å²) in [6.45, 7) is 0.354. The molecule has 1 aromatic heterocycles. The molecular weight excluding hydrogens is 378 g/mol. The zero-order chi connectivity index (χ0) is 20.9. The number of benzene rings is 3. The molecule has 0 fully saturated rings. The molecule has 0 spiro atoms. The van der Waals surface area contributed by atoms with Crippen molar-refractivity contribution in [3.63, 3.8) is 0 Å². The molecular formula is C24H21N3O3. The van der Waals surface area contributed by atoms with Crippen molar-refractivity contribution in [1.29, 1.82) is 0 Å². The zero-order valence-electron chi connectivity index (χ0n) is 16.1. The highest BCUT2D eigenvalue weighted by atomic mass is 16.5. The van der Waals surface area contributed by atoms with Gasteiger partial charge >= 0.3 is 0 Å². The van der Waals surface area contributed by atoms with Gasteiger partial charge in [-0.15, -0.1) is 0 Å². The molecule has 150 valence electrons. The van der Waals surface area contributed by atoms with Gasteiger partial charge in [-0.1, -0.05) is 60.7 Å². The minimum Gasteiger partial charge on any atom is -0.387 e. The summed E-state index contributed by atoms with van der Waals surface area (Å²) < 4.78 is 2.01. The van der Waals surface area contributed by atoms with Crippen molar-refractivity contribution >= 4 is 23.0 Å². The molecule has 0 aliphatic heterocycles. The quantitative estimate of drug-likeness (QED) is 0.260. The van der Waals surface area contributed by atoms with Gasteiger partial charge in [-0.25, -0.2) is 10.5 Å². The minimum atomic E-state index is -0.682. The lowest BCUT2D eigenvalue weighted by atomic mass is 10.1. The molecule has 1 amide bonds. The molecule has 4 aromatic rings. The Balaban J connectivity index is 1.75. The lowest BCUT2D eigenvalue weighted by molar-refractivity contribution is -0.124. The van der Waals surface area contributed by atoms with Gasteiger partial charge in [0.2, 0.25) is 0 Å². The molecule has 6 nitrogen and oxygen atoms in total. The largest absolute Gasteiger partial charge is 0.387 e. The van der Waals surface area contributed by atoms with E-state index in [0.717, 1.165) is 33.5 Å². The first-order valence-corrected chi connectivity index (χ1v) is 9.56. The van der Waals surface area contributed by atoms with Gasteiger partial charge < -0.3 is 9.67 Å². The number of imidazole rings is 1. The van der Waals surface area contributed by atoms with Crippen molar-refractivity contribution in [2.75, 3.05) is 0 Å². The first-order valence-electron chi connectivity index (χ1n) is 9.56. The molecule has 0 bridgehead atoms. The summed E-state index contributed by atoms with van der Waals surface area (Å²) in [4.78, 5) is 16.1. The molecule has 0 unspecified atom stereocenters. The average molecular weight is 399 g/mol. The van der Waals surface area contributed by atoms with Crippen LogP contribution in [0, 0.1) is 0 Å². The van der Waals surface area contributed by atoms with Crippen LogP contribution in [0.5, 0.6) is 0 Å². The number of nitrogens with zero attached hydrogens (tertiary/aromatic N) is 2. The van der Waals surface area contributed by atoms with Gasteiger partial charge in [0.05, 0.1) is 23.7 Å². The molecule has 0 aliphatic rings. The fourth-order valence-electron chi connectivity index (χ4n) is 3.42. The fourth-order valence-corrected chi connectivity index (χ4v) is 3.42. The Bertz CT molecular complexity index is 1200. The minimum absolute atomic E-state index is 0.354. The predicted molar refractivity (Wildman–Crippen MR) is 116 cm³/mol. The van der Waals surface area contributed by atoms with E-state index in [2.05, 4.69) is 0 Å². The smallest absolute Gasteiger partial charge is 0.267 e. The van der Waals surface area contributed by atoms with Crippen LogP contribution >= 0.6 is 0 Å². The van der Waals surface area contributed by atoms with E-state index < -0.39 is 12.0 Å². The maximum Gasteiger partial charge on any atom is 0.267 e. The summed E-state index contributed by atoms with van der Waals surface area (Å²) in [7, 11) is 0. The van der Waals surface area contributed by atoms with E-state index in [9.17, 15) is 9.90 Å². The third-order valence-corrected chi connectivity index (χ3v) is 4.88. The molecule has 3 N–H and O–H groups in total. The molecule has 1 heterocycles. The predicted octanol–water partition coefficient (Wildman–Crippen LogP) is 3.96. The highest BCUT2D eigenvalue weighted by molar-refractivity contribution is 5.91. The Hall–Kier alpha value is -3.74. The Morgan fingerprint density at radius 3 is 2.60 bits per heavy atom. The van der Waals surface area contributed by atoms with Crippen LogP contribution in [0.3, 0.4) is 0 Å². The fraction of sp³-hybridized carbons (Fsp3) is 0.0833. The van der Waals surface area contributed by atoms with Crippen molar-refractivity contribution in [1.82, 2.24) is 15.0 Å². The number of hydrogen-bond acceptors (Lipinski definition) is 4. The Labute approximate surface area is 173 Å². The maximum atomic E-state index is 11.3. The van der Waals surface area contributed by atoms with Crippen molar-refractivity contribution < 1.29 is 15.1 Å². The molecule has 1 atom stereocenters. The Kier molecular flexibility index (Phi) is 5.70. The van der Waals surface area contributed by atoms with E-state index in [0.29, 0.717) is 6.54 Å². The van der Waals surface area contributed by atoms with Gasteiger partial charge in [-0.2, -0.15) is 0 Å². The van der Waals surface area contributed by atoms with Gasteiger partial charge in [0.1, 0.15) is 5.82 Å². The SMILES string of the molecule is O=C(C=Cc1cccc(-c2nc3ccccc3n2C[C@H](O)c2ccccc2)c1)NO. The van der Waals surface area contributed by atoms with Crippen LogP contribution in [0.4, 0.5) is 0 Å². The molecule has 3 aromatic carbocycles. The van der Waals surface area contributed by atoms with Crippen LogP contribution in [0.2, 0.25) is 0 Å². The van der Waals surface area contributed by atoms with Crippen molar-refractivity contribution in [3.05, 3.63) is 96.1 Å². The lowest BCUT2D eigenvalue weighted by Crippen LogP contribution is -2.14. The lowest BCUT2D eigenvalue weighted by Gasteiger charge is -2.15. The summed E-state index contributed by atoms with van der Waals surface area (Å²) in [5, 5.41) is 19.5. The number of nitrogens with one attached hydrogen (secondary N) is 1. The second-order valence-electron chi connectivity index (χ2n) is 6.90. The van der Waals surface area contributed by atoms with E-state index in [4.69, 9.17) is 10.2 Å². The summed E-state index contributed by atoms with van der Waals surface area (Å²) in [5.41, 5.74) is 5.84. The summed E-state index contributed by atoms with van der Waals surface area (Å²) in [6, 6.07) is 24.9. The number of carbonyl (C=O) groups is 1. The number of aliphatic hydroxyl groups excluding tert-OH is 1. The van der Waals surface area contributed by atoms with Crippen LogP contribution in [0.15, 0.2) is 84.9 Å².